The van der Waals surface area contributed by atoms with E-state index in [0.717, 1.165) is 10.8 Å². The minimum absolute atomic E-state index is 0.141. The summed E-state index contributed by atoms with van der Waals surface area (Å²) in [5.74, 6) is -0.141. The summed E-state index contributed by atoms with van der Waals surface area (Å²) in [6, 6.07) is 1.18. The van der Waals surface area contributed by atoms with Crippen molar-refractivity contribution in [3.8, 4) is 0 Å². The Morgan fingerprint density at radius 1 is 1.03 bits per heavy atom. The van der Waals surface area contributed by atoms with E-state index in [1.54, 1.807) is 0 Å². The van der Waals surface area contributed by atoms with Crippen molar-refractivity contribution < 1.29 is 65.5 Å². The summed E-state index contributed by atoms with van der Waals surface area (Å²) in [5, 5.41) is 0. The first-order valence-corrected chi connectivity index (χ1v) is 13.5. The SMILES string of the molecule is Nc1ccn(CC(COP(=O)(O)OP(=O)(O)OP(=O)(O)O)OCP(=O)(O)O)c(=O)n1. The summed E-state index contributed by atoms with van der Waals surface area (Å²) in [7, 11) is -21.6. The third-order valence-electron chi connectivity index (χ3n) is 2.61. The molecular formula is C8H17N3O15P4. The lowest BCUT2D eigenvalue weighted by Crippen LogP contribution is -2.32. The van der Waals surface area contributed by atoms with Crippen LogP contribution in [0.3, 0.4) is 0 Å². The Bertz CT molecular complexity index is 982. The molecule has 1 aromatic rings. The number of anilines is 1. The standard InChI is InChI=1S/C8H17N3O15P4/c9-7-1-2-11(8(12)10-7)3-6(23-5-27(13,14)15)4-24-29(19,20)26-30(21,22)25-28(16,17)18/h1-2,6H,3-5H2,(H,19,20)(H,21,22)(H2,9,10,12)(H2,13,14,15)(H2,16,17,18). The van der Waals surface area contributed by atoms with Gasteiger partial charge in [0, 0.05) is 6.20 Å². The summed E-state index contributed by atoms with van der Waals surface area (Å²) >= 11 is 0. The molecule has 1 heterocycles. The summed E-state index contributed by atoms with van der Waals surface area (Å²) in [6.07, 6.45) is -1.61. The van der Waals surface area contributed by atoms with Gasteiger partial charge in [-0.3, -0.25) is 13.7 Å². The van der Waals surface area contributed by atoms with Gasteiger partial charge in [0.05, 0.1) is 13.2 Å². The van der Waals surface area contributed by atoms with Crippen LogP contribution in [0.15, 0.2) is 17.1 Å². The molecule has 0 spiro atoms. The highest BCUT2D eigenvalue weighted by atomic mass is 31.3. The van der Waals surface area contributed by atoms with E-state index in [1.807, 2.05) is 0 Å². The van der Waals surface area contributed by atoms with Crippen LogP contribution < -0.4 is 11.4 Å². The minimum atomic E-state index is -5.76. The van der Waals surface area contributed by atoms with Crippen LogP contribution in [0.4, 0.5) is 5.82 Å². The first-order valence-electron chi connectivity index (χ1n) is 7.15. The molecule has 18 nitrogen and oxygen atoms in total. The second-order valence-electron chi connectivity index (χ2n) is 5.26. The molecule has 0 bridgehead atoms. The predicted molar refractivity (Wildman–Crippen MR) is 94.5 cm³/mol. The van der Waals surface area contributed by atoms with Crippen LogP contribution in [-0.4, -0.2) is 58.0 Å². The lowest BCUT2D eigenvalue weighted by atomic mass is 10.3. The third-order valence-corrected chi connectivity index (χ3v) is 6.90. The lowest BCUT2D eigenvalue weighted by Gasteiger charge is -2.21. The zero-order valence-corrected chi connectivity index (χ0v) is 18.0. The molecule has 8 N–H and O–H groups in total. The van der Waals surface area contributed by atoms with E-state index in [4.69, 9.17) is 34.9 Å². The van der Waals surface area contributed by atoms with E-state index in [2.05, 4.69) is 18.1 Å². The third kappa shape index (κ3) is 11.6. The number of nitrogens with zero attached hydrogens (tertiary/aromatic N) is 2. The number of nitrogen functional groups attached to an aromatic ring is 1. The maximum absolute atomic E-state index is 11.7. The molecule has 0 amide bonds. The molecule has 0 aromatic carbocycles. The van der Waals surface area contributed by atoms with Gasteiger partial charge in [0.15, 0.2) is 0 Å². The monoisotopic (exact) mass is 519 g/mol. The molecule has 1 rings (SSSR count). The van der Waals surface area contributed by atoms with Gasteiger partial charge in [-0.1, -0.05) is 0 Å². The Kier molecular flexibility index (Phi) is 9.27. The first kappa shape index (κ1) is 27.2. The Morgan fingerprint density at radius 2 is 1.63 bits per heavy atom. The van der Waals surface area contributed by atoms with Crippen LogP contribution >= 0.6 is 31.1 Å². The molecule has 0 aliphatic carbocycles. The minimum Gasteiger partial charge on any atom is -0.383 e. The van der Waals surface area contributed by atoms with Crippen molar-refractivity contribution in [1.29, 1.82) is 0 Å². The van der Waals surface area contributed by atoms with Crippen molar-refractivity contribution in [2.45, 2.75) is 12.6 Å². The molecule has 0 saturated carbocycles. The molecule has 0 aliphatic heterocycles. The normalized spacial score (nSPS) is 17.8. The van der Waals surface area contributed by atoms with Crippen molar-refractivity contribution in [2.24, 2.45) is 0 Å². The Balaban J connectivity index is 2.91. The molecule has 0 fully saturated rings. The quantitative estimate of drug-likeness (QED) is 0.158. The summed E-state index contributed by atoms with van der Waals surface area (Å²) in [4.78, 5) is 68.2. The number of phosphoric acid groups is 3. The lowest BCUT2D eigenvalue weighted by molar-refractivity contribution is 0.0176. The maximum Gasteiger partial charge on any atom is 0.490 e. The smallest absolute Gasteiger partial charge is 0.383 e. The van der Waals surface area contributed by atoms with Gasteiger partial charge in [-0.05, 0) is 6.07 Å². The molecule has 30 heavy (non-hydrogen) atoms. The topological polar surface area (TPSA) is 287 Å². The van der Waals surface area contributed by atoms with Gasteiger partial charge in [0.2, 0.25) is 0 Å². The maximum atomic E-state index is 11.7. The molecule has 22 heteroatoms. The van der Waals surface area contributed by atoms with Crippen molar-refractivity contribution in [2.75, 3.05) is 18.7 Å². The van der Waals surface area contributed by atoms with Crippen molar-refractivity contribution in [3.63, 3.8) is 0 Å². The van der Waals surface area contributed by atoms with Gasteiger partial charge in [-0.15, -0.1) is 0 Å². The van der Waals surface area contributed by atoms with Crippen molar-refractivity contribution in [3.05, 3.63) is 22.7 Å². The number of hydrogen-bond acceptors (Lipinski definition) is 11. The molecule has 0 aliphatic rings. The molecule has 3 atom stereocenters. The molecule has 3 unspecified atom stereocenters. The number of hydrogen-bond donors (Lipinski definition) is 7. The summed E-state index contributed by atoms with van der Waals surface area (Å²) < 4.78 is 61.5. The molecule has 0 saturated heterocycles. The zero-order chi connectivity index (χ0) is 23.4. The van der Waals surface area contributed by atoms with Gasteiger partial charge in [0.1, 0.15) is 18.3 Å². The van der Waals surface area contributed by atoms with Crippen LogP contribution in [0.25, 0.3) is 0 Å². The van der Waals surface area contributed by atoms with E-state index in [1.165, 1.54) is 6.07 Å². The van der Waals surface area contributed by atoms with E-state index >= 15 is 0 Å². The van der Waals surface area contributed by atoms with Gasteiger partial charge >= 0.3 is 36.8 Å². The number of nitrogens with two attached hydrogens (primary N) is 1. The fourth-order valence-corrected chi connectivity index (χ4v) is 5.09. The van der Waals surface area contributed by atoms with Gasteiger partial charge < -0.3 is 39.8 Å². The fourth-order valence-electron chi connectivity index (χ4n) is 1.64. The Morgan fingerprint density at radius 3 is 2.13 bits per heavy atom. The van der Waals surface area contributed by atoms with Crippen molar-refractivity contribution in [1.82, 2.24) is 9.55 Å². The van der Waals surface area contributed by atoms with E-state index < -0.39 is 62.4 Å². The second kappa shape index (κ2) is 10.2. The Hall–Kier alpha value is -0.800. The highest BCUT2D eigenvalue weighted by Crippen LogP contribution is 2.66. The van der Waals surface area contributed by atoms with Crippen LogP contribution in [-0.2, 0) is 42.7 Å². The number of phosphoric ester groups is 1. The van der Waals surface area contributed by atoms with Crippen LogP contribution in [0, 0.1) is 0 Å². The average Bonchev–Trinajstić information content (AvgIpc) is 2.47. The second-order valence-corrected chi connectivity index (χ2v) is 11.3. The molecular weight excluding hydrogens is 502 g/mol. The molecule has 174 valence electrons. The van der Waals surface area contributed by atoms with Gasteiger partial charge in [-0.2, -0.15) is 13.6 Å². The van der Waals surface area contributed by atoms with Crippen molar-refractivity contribution >= 4 is 36.9 Å². The number of aromatic nitrogens is 2. The van der Waals surface area contributed by atoms with Crippen LogP contribution in [0.2, 0.25) is 0 Å². The van der Waals surface area contributed by atoms with Gasteiger partial charge in [0.25, 0.3) is 0 Å². The molecule has 0 radical (unpaired) electrons. The average molecular weight is 519 g/mol. The Labute approximate surface area is 166 Å². The zero-order valence-electron chi connectivity index (χ0n) is 14.5. The van der Waals surface area contributed by atoms with Crippen LogP contribution in [0.5, 0.6) is 0 Å². The number of rotatable bonds is 12. The number of ether oxygens (including phenoxy) is 1. The summed E-state index contributed by atoms with van der Waals surface area (Å²) in [6.45, 7) is -1.59. The van der Waals surface area contributed by atoms with Crippen LogP contribution in [0.1, 0.15) is 0 Å². The van der Waals surface area contributed by atoms with E-state index in [-0.39, 0.29) is 5.82 Å². The summed E-state index contributed by atoms with van der Waals surface area (Å²) in [5.41, 5.74) is 4.39. The van der Waals surface area contributed by atoms with Gasteiger partial charge in [-0.25, -0.2) is 18.5 Å². The largest absolute Gasteiger partial charge is 0.490 e. The van der Waals surface area contributed by atoms with E-state index in [0.29, 0.717) is 0 Å². The highest BCUT2D eigenvalue weighted by Gasteiger charge is 2.41. The fraction of sp³-hybridized carbons (Fsp3) is 0.500. The molecule has 1 aromatic heterocycles. The first-order chi connectivity index (χ1) is 13.4. The highest BCUT2D eigenvalue weighted by molar-refractivity contribution is 7.66. The van der Waals surface area contributed by atoms with E-state index in [9.17, 15) is 27.9 Å². The predicted octanol–water partition coefficient (Wildman–Crippen LogP) is -1.31.